The van der Waals surface area contributed by atoms with Crippen LogP contribution in [0.2, 0.25) is 0 Å². The van der Waals surface area contributed by atoms with E-state index in [0.29, 0.717) is 11.1 Å². The van der Waals surface area contributed by atoms with Crippen molar-refractivity contribution in [3.63, 3.8) is 0 Å². The van der Waals surface area contributed by atoms with Gasteiger partial charge < -0.3 is 4.57 Å². The number of carbonyl (C=O) groups excluding carboxylic acids is 1. The van der Waals surface area contributed by atoms with Gasteiger partial charge in [0.2, 0.25) is 0 Å². The van der Waals surface area contributed by atoms with Crippen LogP contribution in [0.5, 0.6) is 0 Å². The van der Waals surface area contributed by atoms with E-state index >= 15 is 0 Å². The van der Waals surface area contributed by atoms with Crippen molar-refractivity contribution in [2.45, 2.75) is 13.8 Å². The number of nitrogens with zero attached hydrogens (tertiary/aromatic N) is 3. The minimum absolute atomic E-state index is 0.0311. The summed E-state index contributed by atoms with van der Waals surface area (Å²) in [5.74, 6) is -0.357. The number of benzene rings is 2. The first kappa shape index (κ1) is 18.1. The molecule has 0 atom stereocenters. The predicted molar refractivity (Wildman–Crippen MR) is 103 cm³/mol. The van der Waals surface area contributed by atoms with Crippen molar-refractivity contribution in [3.05, 3.63) is 93.3 Å². The lowest BCUT2D eigenvalue weighted by Gasteiger charge is -2.10. The number of amides is 1. The van der Waals surface area contributed by atoms with Crippen molar-refractivity contribution in [2.24, 2.45) is 5.10 Å². The summed E-state index contributed by atoms with van der Waals surface area (Å²) in [5, 5.41) is 14.6. The quantitative estimate of drug-likeness (QED) is 0.426. The monoisotopic (exact) mass is 362 g/mol. The number of non-ortho nitro benzene ring substituents is 1. The van der Waals surface area contributed by atoms with Gasteiger partial charge in [-0.2, -0.15) is 5.10 Å². The van der Waals surface area contributed by atoms with Crippen molar-refractivity contribution in [1.82, 2.24) is 9.99 Å². The van der Waals surface area contributed by atoms with Crippen molar-refractivity contribution in [2.75, 3.05) is 0 Å². The van der Waals surface area contributed by atoms with E-state index in [0.717, 1.165) is 17.1 Å². The van der Waals surface area contributed by atoms with Gasteiger partial charge in [-0.25, -0.2) is 5.43 Å². The average molecular weight is 362 g/mol. The zero-order valence-corrected chi connectivity index (χ0v) is 14.9. The normalized spacial score (nSPS) is 10.9. The topological polar surface area (TPSA) is 89.5 Å². The number of nitro benzene ring substituents is 1. The third-order valence-corrected chi connectivity index (χ3v) is 4.12. The number of nitro groups is 1. The summed E-state index contributed by atoms with van der Waals surface area (Å²) in [7, 11) is 0. The van der Waals surface area contributed by atoms with Gasteiger partial charge in [-0.05, 0) is 50.2 Å². The van der Waals surface area contributed by atoms with Crippen LogP contribution in [-0.2, 0) is 0 Å². The lowest BCUT2D eigenvalue weighted by Crippen LogP contribution is -2.17. The highest BCUT2D eigenvalue weighted by Gasteiger charge is 2.08. The predicted octanol–water partition coefficient (Wildman–Crippen LogP) is 3.77. The minimum Gasteiger partial charge on any atom is -0.319 e. The molecule has 0 bridgehead atoms. The number of aromatic nitrogens is 1. The molecule has 7 heteroatoms. The standard InChI is InChI=1S/C20H18N4O3/c1-14-6-7-15(2)23(14)18-10-8-17(9-11-18)20(25)22-21-13-16-4-3-5-19(12-16)24(26)27/h3-13H,1-2H3,(H,22,25)/b21-13+. The molecule has 3 rings (SSSR count). The minimum atomic E-state index is -0.481. The van der Waals surface area contributed by atoms with Crippen LogP contribution in [0.4, 0.5) is 5.69 Å². The lowest BCUT2D eigenvalue weighted by molar-refractivity contribution is -0.384. The Morgan fingerprint density at radius 2 is 1.74 bits per heavy atom. The number of nitrogens with one attached hydrogen (secondary N) is 1. The van der Waals surface area contributed by atoms with Crippen LogP contribution in [0.3, 0.4) is 0 Å². The fraction of sp³-hybridized carbons (Fsp3) is 0.100. The van der Waals surface area contributed by atoms with Crippen molar-refractivity contribution in [1.29, 1.82) is 0 Å². The molecule has 0 saturated heterocycles. The van der Waals surface area contributed by atoms with Gasteiger partial charge >= 0.3 is 0 Å². The lowest BCUT2D eigenvalue weighted by atomic mass is 10.2. The van der Waals surface area contributed by atoms with Crippen molar-refractivity contribution < 1.29 is 9.72 Å². The van der Waals surface area contributed by atoms with E-state index < -0.39 is 4.92 Å². The molecule has 1 aromatic heterocycles. The van der Waals surface area contributed by atoms with E-state index in [9.17, 15) is 14.9 Å². The molecule has 0 aliphatic carbocycles. The van der Waals surface area contributed by atoms with Crippen LogP contribution < -0.4 is 5.43 Å². The van der Waals surface area contributed by atoms with Crippen molar-refractivity contribution >= 4 is 17.8 Å². The molecular weight excluding hydrogens is 344 g/mol. The van der Waals surface area contributed by atoms with Gasteiger partial charge in [-0.1, -0.05) is 12.1 Å². The largest absolute Gasteiger partial charge is 0.319 e. The Morgan fingerprint density at radius 1 is 1.07 bits per heavy atom. The van der Waals surface area contributed by atoms with Crippen LogP contribution >= 0.6 is 0 Å². The van der Waals surface area contributed by atoms with Crippen LogP contribution in [-0.4, -0.2) is 21.6 Å². The Hall–Kier alpha value is -3.74. The summed E-state index contributed by atoms with van der Waals surface area (Å²) >= 11 is 0. The maximum Gasteiger partial charge on any atom is 0.271 e. The first-order valence-electron chi connectivity index (χ1n) is 8.29. The molecule has 1 N–H and O–H groups in total. The molecule has 0 unspecified atom stereocenters. The SMILES string of the molecule is Cc1ccc(C)n1-c1ccc(C(=O)N/N=C/c2cccc([N+](=O)[O-])c2)cc1. The molecule has 0 fully saturated rings. The van der Waals surface area contributed by atoms with Gasteiger partial charge in [0.15, 0.2) is 0 Å². The Balaban J connectivity index is 1.68. The molecule has 0 spiro atoms. The molecule has 0 aliphatic heterocycles. The van der Waals surface area contributed by atoms with Crippen LogP contribution in [0.25, 0.3) is 5.69 Å². The number of aryl methyl sites for hydroxylation is 2. The maximum absolute atomic E-state index is 12.2. The summed E-state index contributed by atoms with van der Waals surface area (Å²) in [6, 6.07) is 17.3. The summed E-state index contributed by atoms with van der Waals surface area (Å²) < 4.78 is 2.10. The molecule has 0 saturated carbocycles. The van der Waals surface area contributed by atoms with E-state index in [1.54, 1.807) is 24.3 Å². The number of carbonyl (C=O) groups is 1. The summed E-state index contributed by atoms with van der Waals surface area (Å²) in [4.78, 5) is 22.5. The number of hydrogen-bond acceptors (Lipinski definition) is 4. The molecule has 1 amide bonds. The fourth-order valence-electron chi connectivity index (χ4n) is 2.79. The highest BCUT2D eigenvalue weighted by atomic mass is 16.6. The third-order valence-electron chi connectivity index (χ3n) is 4.12. The van der Waals surface area contributed by atoms with Gasteiger partial charge in [-0.15, -0.1) is 0 Å². The molecule has 1 heterocycles. The Bertz CT molecular complexity index is 1000. The second-order valence-corrected chi connectivity index (χ2v) is 6.05. The Morgan fingerprint density at radius 3 is 2.37 bits per heavy atom. The van der Waals surface area contributed by atoms with E-state index in [2.05, 4.69) is 15.1 Å². The highest BCUT2D eigenvalue weighted by molar-refractivity contribution is 5.95. The first-order chi connectivity index (χ1) is 13.0. The van der Waals surface area contributed by atoms with Crippen molar-refractivity contribution in [3.8, 4) is 5.69 Å². The number of hydrazone groups is 1. The average Bonchev–Trinajstić information content (AvgIpc) is 3.00. The molecule has 7 nitrogen and oxygen atoms in total. The van der Waals surface area contributed by atoms with E-state index in [1.165, 1.54) is 18.3 Å². The molecule has 0 radical (unpaired) electrons. The Kier molecular flexibility index (Phi) is 5.12. The summed E-state index contributed by atoms with van der Waals surface area (Å²) in [6.45, 7) is 4.05. The van der Waals surface area contributed by atoms with Gasteiger partial charge in [-0.3, -0.25) is 14.9 Å². The molecule has 0 aliphatic rings. The summed E-state index contributed by atoms with van der Waals surface area (Å²) in [6.07, 6.45) is 1.37. The zero-order valence-electron chi connectivity index (χ0n) is 14.9. The summed E-state index contributed by atoms with van der Waals surface area (Å²) in [5.41, 5.74) is 6.60. The molecule has 2 aromatic carbocycles. The molecular formula is C20H18N4O3. The smallest absolute Gasteiger partial charge is 0.271 e. The molecule has 3 aromatic rings. The van der Waals surface area contributed by atoms with Gasteiger partial charge in [0.05, 0.1) is 11.1 Å². The van der Waals surface area contributed by atoms with Crippen LogP contribution in [0, 0.1) is 24.0 Å². The van der Waals surface area contributed by atoms with E-state index in [4.69, 9.17) is 0 Å². The Labute approximate surface area is 156 Å². The molecule has 27 heavy (non-hydrogen) atoms. The van der Waals surface area contributed by atoms with Crippen LogP contribution in [0.1, 0.15) is 27.3 Å². The fourth-order valence-corrected chi connectivity index (χ4v) is 2.79. The number of rotatable bonds is 5. The van der Waals surface area contributed by atoms with Crippen LogP contribution in [0.15, 0.2) is 65.8 Å². The second kappa shape index (κ2) is 7.65. The first-order valence-corrected chi connectivity index (χ1v) is 8.29. The third kappa shape index (κ3) is 4.09. The zero-order chi connectivity index (χ0) is 19.4. The number of hydrogen-bond donors (Lipinski definition) is 1. The van der Waals surface area contributed by atoms with E-state index in [1.807, 2.05) is 38.1 Å². The molecule has 136 valence electrons. The second-order valence-electron chi connectivity index (χ2n) is 6.05. The van der Waals surface area contributed by atoms with Gasteiger partial charge in [0.1, 0.15) is 0 Å². The maximum atomic E-state index is 12.2. The van der Waals surface area contributed by atoms with Gasteiger partial charge in [0, 0.05) is 40.3 Å². The van der Waals surface area contributed by atoms with E-state index in [-0.39, 0.29) is 11.6 Å². The van der Waals surface area contributed by atoms with Gasteiger partial charge in [0.25, 0.3) is 11.6 Å². The highest BCUT2D eigenvalue weighted by Crippen LogP contribution is 2.17.